The van der Waals surface area contributed by atoms with Gasteiger partial charge in [-0.25, -0.2) is 0 Å². The van der Waals surface area contributed by atoms with Gasteiger partial charge in [-0.15, -0.1) is 0 Å². The van der Waals surface area contributed by atoms with E-state index in [0.29, 0.717) is 0 Å². The van der Waals surface area contributed by atoms with Crippen LogP contribution in [0.15, 0.2) is 24.3 Å². The first-order valence-electron chi connectivity index (χ1n) is 3.02. The van der Waals surface area contributed by atoms with Crippen LogP contribution in [0.4, 0.5) is 0 Å². The average molecular weight is 259 g/mol. The Balaban J connectivity index is -0.000000143. The first kappa shape index (κ1) is 18.3. The van der Waals surface area contributed by atoms with Gasteiger partial charge in [-0.05, 0) is 25.0 Å². The van der Waals surface area contributed by atoms with E-state index in [2.05, 4.69) is 13.2 Å². The molecule has 69 valence electrons. The van der Waals surface area contributed by atoms with Crippen molar-refractivity contribution in [2.45, 2.75) is 13.8 Å². The third kappa shape index (κ3) is 18.5. The van der Waals surface area contributed by atoms with Crippen LogP contribution in [0, 0.1) is 0 Å². The summed E-state index contributed by atoms with van der Waals surface area (Å²) in [6.07, 6.45) is 0. The topological polar surface area (TPSA) is 80.3 Å². The van der Waals surface area contributed by atoms with E-state index >= 15 is 0 Å². The molecule has 0 atom stereocenters. The molecule has 0 aromatic carbocycles. The molecule has 0 saturated heterocycles. The van der Waals surface area contributed by atoms with E-state index in [-0.39, 0.29) is 43.9 Å². The molecule has 0 bridgehead atoms. The Morgan fingerprint density at radius 2 is 1.00 bits per heavy atom. The molecule has 0 saturated carbocycles. The summed E-state index contributed by atoms with van der Waals surface area (Å²) in [5.41, 5.74) is 0.130. The van der Waals surface area contributed by atoms with Crippen LogP contribution < -0.4 is 10.2 Å². The van der Waals surface area contributed by atoms with Gasteiger partial charge in [0.15, 0.2) is 0 Å². The zero-order valence-electron chi connectivity index (χ0n) is 7.62. The Morgan fingerprint density at radius 1 is 0.923 bits per heavy atom. The van der Waals surface area contributed by atoms with E-state index in [9.17, 15) is 19.8 Å². The molecular formula is C8H10O4Y. The number of carbonyl (C=O) groups is 2. The minimum absolute atomic E-state index is 0. The van der Waals surface area contributed by atoms with Crippen LogP contribution in [0.25, 0.3) is 0 Å². The minimum Gasteiger partial charge on any atom is -0.545 e. The monoisotopic (exact) mass is 259 g/mol. The molecule has 4 nitrogen and oxygen atoms in total. The summed E-state index contributed by atoms with van der Waals surface area (Å²) in [4.78, 5) is 19.0. The molecule has 0 heterocycles. The second-order valence-corrected chi connectivity index (χ2v) is 2.14. The molecule has 0 aliphatic carbocycles. The van der Waals surface area contributed by atoms with Gasteiger partial charge in [0, 0.05) is 0 Å². The molecule has 0 aromatic heterocycles. The van der Waals surface area contributed by atoms with Gasteiger partial charge in [-0.3, -0.25) is 0 Å². The fraction of sp³-hybridized carbons (Fsp3) is 0.250. The first-order chi connectivity index (χ1) is 5.29. The Labute approximate surface area is 102 Å². The number of aliphatic carboxylic acids is 2. The Hall–Kier alpha value is -0.476. The van der Waals surface area contributed by atoms with Gasteiger partial charge in [-0.2, -0.15) is 0 Å². The average Bonchev–Trinajstić information content (AvgIpc) is 1.88. The molecule has 0 N–H and O–H groups in total. The summed E-state index contributed by atoms with van der Waals surface area (Å²) in [6, 6.07) is 0. The molecule has 0 rings (SSSR count). The third-order valence-electron chi connectivity index (χ3n) is 0.697. The fourth-order valence-corrected chi connectivity index (χ4v) is 0. The van der Waals surface area contributed by atoms with Crippen molar-refractivity contribution in [2.24, 2.45) is 0 Å². The summed E-state index contributed by atoms with van der Waals surface area (Å²) in [5, 5.41) is 19.0. The van der Waals surface area contributed by atoms with Crippen LogP contribution in [-0.4, -0.2) is 11.9 Å². The van der Waals surface area contributed by atoms with Crippen molar-refractivity contribution in [3.63, 3.8) is 0 Å². The molecule has 0 aromatic rings. The van der Waals surface area contributed by atoms with Crippen molar-refractivity contribution in [3.05, 3.63) is 24.3 Å². The van der Waals surface area contributed by atoms with Gasteiger partial charge >= 0.3 is 32.7 Å². The zero-order chi connectivity index (χ0) is 10.3. The first-order valence-corrected chi connectivity index (χ1v) is 3.02. The number of carbonyl (C=O) groups excluding carboxylic acids is 2. The SMILES string of the molecule is C=C(C)C(=O)[O-].C=C(C)C(=O)[O-].[Y+2]. The van der Waals surface area contributed by atoms with Crippen LogP contribution in [-0.2, 0) is 42.3 Å². The van der Waals surface area contributed by atoms with Crippen LogP contribution in [0.2, 0.25) is 0 Å². The van der Waals surface area contributed by atoms with Crippen LogP contribution in [0.1, 0.15) is 13.8 Å². The predicted molar refractivity (Wildman–Crippen MR) is 39.6 cm³/mol. The smallest absolute Gasteiger partial charge is 0.545 e. The summed E-state index contributed by atoms with van der Waals surface area (Å²) >= 11 is 0. The van der Waals surface area contributed by atoms with E-state index < -0.39 is 11.9 Å². The van der Waals surface area contributed by atoms with Crippen LogP contribution >= 0.6 is 0 Å². The Bertz CT molecular complexity index is 172. The van der Waals surface area contributed by atoms with E-state index in [1.54, 1.807) is 0 Å². The van der Waals surface area contributed by atoms with Gasteiger partial charge in [0.1, 0.15) is 0 Å². The third-order valence-corrected chi connectivity index (χ3v) is 0.697. The summed E-state index contributed by atoms with van der Waals surface area (Å²) in [7, 11) is 0. The minimum atomic E-state index is -1.19. The molecule has 0 fully saturated rings. The Morgan fingerprint density at radius 3 is 1.00 bits per heavy atom. The van der Waals surface area contributed by atoms with Crippen LogP contribution in [0.3, 0.4) is 0 Å². The quantitative estimate of drug-likeness (QED) is 0.572. The van der Waals surface area contributed by atoms with Gasteiger partial charge in [0.2, 0.25) is 0 Å². The molecule has 0 unspecified atom stereocenters. The van der Waals surface area contributed by atoms with E-state index in [0.717, 1.165) is 0 Å². The molecule has 5 heteroatoms. The molecule has 0 aliphatic heterocycles. The second kappa shape index (κ2) is 9.61. The van der Waals surface area contributed by atoms with Crippen molar-refractivity contribution in [1.82, 2.24) is 0 Å². The molecule has 0 aliphatic rings. The molecule has 13 heavy (non-hydrogen) atoms. The maximum absolute atomic E-state index is 9.49. The number of hydrogen-bond acceptors (Lipinski definition) is 4. The largest absolute Gasteiger partial charge is 2.00 e. The maximum atomic E-state index is 9.49. The van der Waals surface area contributed by atoms with Gasteiger partial charge in [0.25, 0.3) is 0 Å². The number of carboxylic acids is 2. The molecule has 1 radical (unpaired) electrons. The van der Waals surface area contributed by atoms with E-state index in [1.807, 2.05) is 0 Å². The Kier molecular flexibility index (Phi) is 13.6. The van der Waals surface area contributed by atoms with E-state index in [1.165, 1.54) is 13.8 Å². The second-order valence-electron chi connectivity index (χ2n) is 2.14. The van der Waals surface area contributed by atoms with Crippen molar-refractivity contribution < 1.29 is 52.5 Å². The molecule has 0 spiro atoms. The standard InChI is InChI=1S/2C4H6O2.Y/c2*1-3(2)4(5)6;/h2*1H2,2H3,(H,5,6);/q;;+2/p-2. The summed E-state index contributed by atoms with van der Waals surface area (Å²) < 4.78 is 0. The number of rotatable bonds is 2. The molecule has 0 amide bonds. The van der Waals surface area contributed by atoms with Crippen molar-refractivity contribution in [3.8, 4) is 0 Å². The molecular weight excluding hydrogens is 249 g/mol. The van der Waals surface area contributed by atoms with Crippen molar-refractivity contribution in [1.29, 1.82) is 0 Å². The number of hydrogen-bond donors (Lipinski definition) is 0. The fourth-order valence-electron chi connectivity index (χ4n) is 0. The van der Waals surface area contributed by atoms with Crippen LogP contribution in [0.5, 0.6) is 0 Å². The number of carboxylic acid groups (broad SMARTS) is 2. The van der Waals surface area contributed by atoms with Crippen molar-refractivity contribution >= 4 is 11.9 Å². The van der Waals surface area contributed by atoms with E-state index in [4.69, 9.17) is 0 Å². The summed E-state index contributed by atoms with van der Waals surface area (Å²) in [5.74, 6) is -2.37. The van der Waals surface area contributed by atoms with Gasteiger partial charge in [-0.1, -0.05) is 13.2 Å². The van der Waals surface area contributed by atoms with Crippen molar-refractivity contribution in [2.75, 3.05) is 0 Å². The van der Waals surface area contributed by atoms with Gasteiger partial charge < -0.3 is 19.8 Å². The maximum Gasteiger partial charge on any atom is 2.00 e. The zero-order valence-corrected chi connectivity index (χ0v) is 10.5. The predicted octanol–water partition coefficient (Wildman–Crippen LogP) is -1.38. The summed E-state index contributed by atoms with van der Waals surface area (Å²) in [6.45, 7) is 8.95. The van der Waals surface area contributed by atoms with Gasteiger partial charge in [0.05, 0.1) is 11.9 Å². The normalized spacial score (nSPS) is 6.92.